The van der Waals surface area contributed by atoms with Crippen molar-refractivity contribution in [2.45, 2.75) is 104 Å². The highest BCUT2D eigenvalue weighted by molar-refractivity contribution is 7.99. The molecule has 0 aromatic rings. The maximum absolute atomic E-state index is 2.29. The van der Waals surface area contributed by atoms with Crippen molar-refractivity contribution in [1.29, 1.82) is 0 Å². The maximum atomic E-state index is 2.29. The summed E-state index contributed by atoms with van der Waals surface area (Å²) in [5.41, 5.74) is 0. The van der Waals surface area contributed by atoms with Crippen molar-refractivity contribution >= 4 is 11.8 Å². The molecular formula is C18H38S. The quantitative estimate of drug-likeness (QED) is 0.270. The first-order valence-corrected chi connectivity index (χ1v) is 10.1. The van der Waals surface area contributed by atoms with Crippen LogP contribution >= 0.6 is 11.8 Å². The van der Waals surface area contributed by atoms with Crippen molar-refractivity contribution < 1.29 is 0 Å². The van der Waals surface area contributed by atoms with Gasteiger partial charge in [0.15, 0.2) is 0 Å². The van der Waals surface area contributed by atoms with E-state index in [-0.39, 0.29) is 0 Å². The van der Waals surface area contributed by atoms with Crippen molar-refractivity contribution in [2.24, 2.45) is 0 Å². The van der Waals surface area contributed by atoms with E-state index in [9.17, 15) is 0 Å². The molecule has 0 aromatic carbocycles. The molecule has 0 atom stereocenters. The fourth-order valence-electron chi connectivity index (χ4n) is 2.42. The summed E-state index contributed by atoms with van der Waals surface area (Å²) in [5, 5.41) is 0. The van der Waals surface area contributed by atoms with Gasteiger partial charge in [0.1, 0.15) is 0 Å². The normalized spacial score (nSPS) is 11.1. The van der Waals surface area contributed by atoms with Crippen molar-refractivity contribution in [3.05, 3.63) is 0 Å². The van der Waals surface area contributed by atoms with Crippen LogP contribution in [0.15, 0.2) is 0 Å². The molecule has 0 N–H and O–H groups in total. The van der Waals surface area contributed by atoms with Crippen LogP contribution in [-0.4, -0.2) is 11.5 Å². The Labute approximate surface area is 127 Å². The molecule has 0 saturated carbocycles. The number of rotatable bonds is 16. The largest absolute Gasteiger partial charge is 0.162 e. The molecule has 0 fully saturated rings. The van der Waals surface area contributed by atoms with E-state index in [4.69, 9.17) is 0 Å². The maximum Gasteiger partial charge on any atom is -0.00675 e. The van der Waals surface area contributed by atoms with E-state index in [1.54, 1.807) is 0 Å². The second-order valence-electron chi connectivity index (χ2n) is 5.86. The van der Waals surface area contributed by atoms with Gasteiger partial charge in [-0.3, -0.25) is 0 Å². The summed E-state index contributed by atoms with van der Waals surface area (Å²) >= 11 is 2.17. The van der Waals surface area contributed by atoms with E-state index in [1.165, 1.54) is 101 Å². The van der Waals surface area contributed by atoms with Gasteiger partial charge in [0.2, 0.25) is 0 Å². The predicted octanol–water partition coefficient (Wildman–Crippen LogP) is 7.22. The van der Waals surface area contributed by atoms with Crippen molar-refractivity contribution in [3.8, 4) is 0 Å². The minimum absolute atomic E-state index is 1.36. The van der Waals surface area contributed by atoms with E-state index in [2.05, 4.69) is 25.6 Å². The van der Waals surface area contributed by atoms with Crippen LogP contribution in [0.3, 0.4) is 0 Å². The van der Waals surface area contributed by atoms with Gasteiger partial charge in [-0.05, 0) is 24.3 Å². The van der Waals surface area contributed by atoms with Crippen LogP contribution in [0.25, 0.3) is 0 Å². The average Bonchev–Trinajstić information content (AvgIpc) is 2.43. The van der Waals surface area contributed by atoms with Gasteiger partial charge in [-0.2, -0.15) is 11.8 Å². The van der Waals surface area contributed by atoms with Gasteiger partial charge >= 0.3 is 0 Å². The summed E-state index contributed by atoms with van der Waals surface area (Å²) in [7, 11) is 0. The fourth-order valence-corrected chi connectivity index (χ4v) is 3.45. The van der Waals surface area contributed by atoms with Crippen molar-refractivity contribution in [1.82, 2.24) is 0 Å². The van der Waals surface area contributed by atoms with Gasteiger partial charge in [0.05, 0.1) is 0 Å². The molecule has 0 saturated heterocycles. The minimum atomic E-state index is 1.36. The molecule has 116 valence electrons. The highest BCUT2D eigenvalue weighted by atomic mass is 32.2. The number of unbranched alkanes of at least 4 members (excludes halogenated alkanes) is 12. The lowest BCUT2D eigenvalue weighted by Crippen LogP contribution is -1.86. The number of hydrogen-bond donors (Lipinski definition) is 0. The molecule has 0 amide bonds. The van der Waals surface area contributed by atoms with E-state index in [0.29, 0.717) is 0 Å². The fraction of sp³-hybridized carbons (Fsp3) is 1.00. The van der Waals surface area contributed by atoms with Crippen LogP contribution in [0.1, 0.15) is 104 Å². The third kappa shape index (κ3) is 18.4. The van der Waals surface area contributed by atoms with Gasteiger partial charge in [0, 0.05) is 0 Å². The molecule has 0 spiro atoms. The van der Waals surface area contributed by atoms with E-state index in [0.717, 1.165) is 0 Å². The third-order valence-corrected chi connectivity index (χ3v) is 4.94. The molecule has 1 heteroatoms. The van der Waals surface area contributed by atoms with Gasteiger partial charge in [0.25, 0.3) is 0 Å². The van der Waals surface area contributed by atoms with Crippen molar-refractivity contribution in [2.75, 3.05) is 11.5 Å². The lowest BCUT2D eigenvalue weighted by molar-refractivity contribution is 0.555. The van der Waals surface area contributed by atoms with Crippen LogP contribution in [-0.2, 0) is 0 Å². The Morgan fingerprint density at radius 1 is 0.421 bits per heavy atom. The SMILES string of the molecule is CCCCCCCCCCCCCSCCCCC. The first-order chi connectivity index (χ1) is 9.41. The molecule has 0 nitrogen and oxygen atoms in total. The zero-order chi connectivity index (χ0) is 14.0. The van der Waals surface area contributed by atoms with Crippen LogP contribution in [0.2, 0.25) is 0 Å². The Hall–Kier alpha value is 0.350. The van der Waals surface area contributed by atoms with Gasteiger partial charge in [-0.15, -0.1) is 0 Å². The molecule has 19 heavy (non-hydrogen) atoms. The Bertz CT molecular complexity index is 129. The van der Waals surface area contributed by atoms with Crippen LogP contribution in [0, 0.1) is 0 Å². The lowest BCUT2D eigenvalue weighted by atomic mass is 10.1. The first kappa shape index (κ1) is 19.4. The third-order valence-electron chi connectivity index (χ3n) is 3.78. The lowest BCUT2D eigenvalue weighted by Gasteiger charge is -2.03. The molecule has 0 aliphatic carbocycles. The molecule has 0 radical (unpaired) electrons. The molecule has 0 rings (SSSR count). The minimum Gasteiger partial charge on any atom is -0.162 e. The number of hydrogen-bond acceptors (Lipinski definition) is 1. The Morgan fingerprint density at radius 2 is 0.737 bits per heavy atom. The standard InChI is InChI=1S/C18H38S/c1-3-5-7-8-9-10-11-12-13-14-16-18-19-17-15-6-4-2/h3-18H2,1-2H3. The topological polar surface area (TPSA) is 0 Å². The van der Waals surface area contributed by atoms with Crippen LogP contribution in [0.4, 0.5) is 0 Å². The first-order valence-electron chi connectivity index (χ1n) is 8.99. The second kappa shape index (κ2) is 18.4. The zero-order valence-electron chi connectivity index (χ0n) is 13.7. The molecule has 0 aromatic heterocycles. The summed E-state index contributed by atoms with van der Waals surface area (Å²) in [4.78, 5) is 0. The molecular weight excluding hydrogens is 248 g/mol. The highest BCUT2D eigenvalue weighted by Crippen LogP contribution is 2.13. The zero-order valence-corrected chi connectivity index (χ0v) is 14.5. The van der Waals surface area contributed by atoms with E-state index >= 15 is 0 Å². The molecule has 0 aliphatic rings. The molecule has 0 bridgehead atoms. The van der Waals surface area contributed by atoms with Crippen LogP contribution < -0.4 is 0 Å². The number of thioether (sulfide) groups is 1. The predicted molar refractivity (Wildman–Crippen MR) is 93.3 cm³/mol. The smallest absolute Gasteiger partial charge is 0.00675 e. The van der Waals surface area contributed by atoms with Gasteiger partial charge in [-0.25, -0.2) is 0 Å². The summed E-state index contributed by atoms with van der Waals surface area (Å²) in [5.74, 6) is 2.80. The summed E-state index contributed by atoms with van der Waals surface area (Å²) in [6.45, 7) is 4.58. The van der Waals surface area contributed by atoms with Crippen molar-refractivity contribution in [3.63, 3.8) is 0 Å². The van der Waals surface area contributed by atoms with Gasteiger partial charge < -0.3 is 0 Å². The van der Waals surface area contributed by atoms with Gasteiger partial charge in [-0.1, -0.05) is 90.9 Å². The second-order valence-corrected chi connectivity index (χ2v) is 7.08. The molecule has 0 unspecified atom stereocenters. The summed E-state index contributed by atoms with van der Waals surface area (Å²) in [6, 6.07) is 0. The summed E-state index contributed by atoms with van der Waals surface area (Å²) < 4.78 is 0. The summed E-state index contributed by atoms with van der Waals surface area (Å²) in [6.07, 6.45) is 20.3. The van der Waals surface area contributed by atoms with E-state index < -0.39 is 0 Å². The van der Waals surface area contributed by atoms with Crippen LogP contribution in [0.5, 0.6) is 0 Å². The monoisotopic (exact) mass is 286 g/mol. The molecule has 0 aliphatic heterocycles. The Balaban J connectivity index is 2.88. The Kier molecular flexibility index (Phi) is 18.7. The van der Waals surface area contributed by atoms with E-state index in [1.807, 2.05) is 0 Å². The molecule has 0 heterocycles. The highest BCUT2D eigenvalue weighted by Gasteiger charge is 1.94. The average molecular weight is 287 g/mol. The Morgan fingerprint density at radius 3 is 1.21 bits per heavy atom.